The molecule has 0 bridgehead atoms. The van der Waals surface area contributed by atoms with Gasteiger partial charge in [0.15, 0.2) is 0 Å². The molecule has 0 spiro atoms. The third kappa shape index (κ3) is 6.91. The molecular formula is C15H26N2O2. The molecule has 0 saturated carbocycles. The van der Waals surface area contributed by atoms with Crippen molar-refractivity contribution >= 4 is 11.4 Å². The first kappa shape index (κ1) is 15.6. The molecule has 0 aliphatic rings. The Kier molecular flexibility index (Phi) is 7.11. The highest BCUT2D eigenvalue weighted by Gasteiger charge is 2.02. The van der Waals surface area contributed by atoms with E-state index in [-0.39, 0.29) is 6.10 Å². The highest BCUT2D eigenvalue weighted by Crippen LogP contribution is 2.23. The van der Waals surface area contributed by atoms with Crippen molar-refractivity contribution in [3.05, 3.63) is 18.2 Å². The van der Waals surface area contributed by atoms with Gasteiger partial charge in [0, 0.05) is 43.3 Å². The quantitative estimate of drug-likeness (QED) is 0.532. The third-order valence-electron chi connectivity index (χ3n) is 2.44. The zero-order valence-electron chi connectivity index (χ0n) is 12.2. The lowest BCUT2D eigenvalue weighted by Crippen LogP contribution is -2.08. The average Bonchev–Trinajstić information content (AvgIpc) is 2.32. The standard InChI is InChI=1S/C15H26N2O2/c1-4-7-18-8-5-6-17-14-9-13(16)10-15(11-14)19-12(2)3/h9-12,17H,4-8,16H2,1-3H3. The number of rotatable bonds is 9. The van der Waals surface area contributed by atoms with Crippen LogP contribution in [0.15, 0.2) is 18.2 Å². The van der Waals surface area contributed by atoms with E-state index in [1.54, 1.807) is 0 Å². The Hall–Kier alpha value is -1.42. The SMILES string of the molecule is CCCOCCCNc1cc(N)cc(OC(C)C)c1. The Bertz CT molecular complexity index is 367. The average molecular weight is 266 g/mol. The maximum absolute atomic E-state index is 5.86. The topological polar surface area (TPSA) is 56.5 Å². The van der Waals surface area contributed by atoms with Crippen LogP contribution in [0.2, 0.25) is 0 Å². The molecule has 4 heteroatoms. The van der Waals surface area contributed by atoms with Gasteiger partial charge in [-0.15, -0.1) is 0 Å². The van der Waals surface area contributed by atoms with Crippen molar-refractivity contribution in [1.82, 2.24) is 0 Å². The van der Waals surface area contributed by atoms with Gasteiger partial charge in [0.05, 0.1) is 6.10 Å². The van der Waals surface area contributed by atoms with Gasteiger partial charge in [-0.3, -0.25) is 0 Å². The summed E-state index contributed by atoms with van der Waals surface area (Å²) in [6.45, 7) is 8.61. The van der Waals surface area contributed by atoms with Gasteiger partial charge >= 0.3 is 0 Å². The molecule has 0 aliphatic heterocycles. The molecule has 0 aromatic heterocycles. The van der Waals surface area contributed by atoms with Crippen LogP contribution in [0, 0.1) is 0 Å². The van der Waals surface area contributed by atoms with Gasteiger partial charge < -0.3 is 20.5 Å². The molecule has 1 rings (SSSR count). The summed E-state index contributed by atoms with van der Waals surface area (Å²) in [5.41, 5.74) is 7.56. The van der Waals surface area contributed by atoms with Gasteiger partial charge in [0.25, 0.3) is 0 Å². The van der Waals surface area contributed by atoms with E-state index < -0.39 is 0 Å². The molecule has 19 heavy (non-hydrogen) atoms. The maximum Gasteiger partial charge on any atom is 0.123 e. The molecule has 0 fully saturated rings. The van der Waals surface area contributed by atoms with Crippen LogP contribution >= 0.6 is 0 Å². The smallest absolute Gasteiger partial charge is 0.123 e. The van der Waals surface area contributed by atoms with Crippen molar-refractivity contribution in [2.75, 3.05) is 30.8 Å². The number of nitrogens with two attached hydrogens (primary N) is 1. The van der Waals surface area contributed by atoms with E-state index in [4.69, 9.17) is 15.2 Å². The van der Waals surface area contributed by atoms with Crippen LogP contribution in [0.5, 0.6) is 5.75 Å². The predicted molar refractivity (Wildman–Crippen MR) is 80.8 cm³/mol. The number of ether oxygens (including phenoxy) is 2. The molecule has 0 amide bonds. The van der Waals surface area contributed by atoms with Crippen molar-refractivity contribution in [3.63, 3.8) is 0 Å². The summed E-state index contributed by atoms with van der Waals surface area (Å²) in [5, 5.41) is 3.34. The number of benzene rings is 1. The highest BCUT2D eigenvalue weighted by atomic mass is 16.5. The van der Waals surface area contributed by atoms with Gasteiger partial charge in [0.1, 0.15) is 5.75 Å². The van der Waals surface area contributed by atoms with Crippen LogP contribution in [0.25, 0.3) is 0 Å². The lowest BCUT2D eigenvalue weighted by atomic mass is 10.2. The molecule has 0 heterocycles. The Morgan fingerprint density at radius 3 is 2.68 bits per heavy atom. The molecular weight excluding hydrogens is 240 g/mol. The van der Waals surface area contributed by atoms with Gasteiger partial charge in [-0.25, -0.2) is 0 Å². The van der Waals surface area contributed by atoms with Gasteiger partial charge in [-0.1, -0.05) is 6.92 Å². The summed E-state index contributed by atoms with van der Waals surface area (Å²) in [7, 11) is 0. The molecule has 0 atom stereocenters. The van der Waals surface area contributed by atoms with E-state index in [2.05, 4.69) is 12.2 Å². The molecule has 108 valence electrons. The predicted octanol–water partition coefficient (Wildman–Crippen LogP) is 3.28. The minimum Gasteiger partial charge on any atom is -0.491 e. The summed E-state index contributed by atoms with van der Waals surface area (Å²) in [6, 6.07) is 5.74. The molecule has 0 unspecified atom stereocenters. The Morgan fingerprint density at radius 2 is 2.00 bits per heavy atom. The zero-order valence-corrected chi connectivity index (χ0v) is 12.2. The molecule has 4 nitrogen and oxygen atoms in total. The molecule has 0 saturated heterocycles. The maximum atomic E-state index is 5.86. The second kappa shape index (κ2) is 8.64. The monoisotopic (exact) mass is 266 g/mol. The van der Waals surface area contributed by atoms with E-state index in [9.17, 15) is 0 Å². The fourth-order valence-electron chi connectivity index (χ4n) is 1.72. The van der Waals surface area contributed by atoms with Crippen LogP contribution in [0.4, 0.5) is 11.4 Å². The lowest BCUT2D eigenvalue weighted by Gasteiger charge is -2.13. The fraction of sp³-hybridized carbons (Fsp3) is 0.600. The van der Waals surface area contributed by atoms with Crippen molar-refractivity contribution in [2.24, 2.45) is 0 Å². The second-order valence-corrected chi connectivity index (χ2v) is 4.85. The summed E-state index contributed by atoms with van der Waals surface area (Å²) in [5.74, 6) is 0.805. The van der Waals surface area contributed by atoms with Gasteiger partial charge in [0.2, 0.25) is 0 Å². The van der Waals surface area contributed by atoms with Crippen molar-refractivity contribution in [1.29, 1.82) is 0 Å². The van der Waals surface area contributed by atoms with E-state index >= 15 is 0 Å². The summed E-state index contributed by atoms with van der Waals surface area (Å²) in [6.07, 6.45) is 2.20. The number of nitrogen functional groups attached to an aromatic ring is 1. The molecule has 0 radical (unpaired) electrons. The first-order valence-corrected chi connectivity index (χ1v) is 7.00. The van der Waals surface area contributed by atoms with E-state index in [1.807, 2.05) is 32.0 Å². The Labute approximate surface area is 116 Å². The van der Waals surface area contributed by atoms with Crippen molar-refractivity contribution in [2.45, 2.75) is 39.7 Å². The van der Waals surface area contributed by atoms with Crippen LogP contribution in [0.1, 0.15) is 33.6 Å². The lowest BCUT2D eigenvalue weighted by molar-refractivity contribution is 0.134. The molecule has 1 aromatic carbocycles. The molecule has 3 N–H and O–H groups in total. The number of hydrogen-bond acceptors (Lipinski definition) is 4. The minimum absolute atomic E-state index is 0.150. The largest absolute Gasteiger partial charge is 0.491 e. The highest BCUT2D eigenvalue weighted by molar-refractivity contribution is 5.59. The van der Waals surface area contributed by atoms with E-state index in [0.29, 0.717) is 5.69 Å². The number of nitrogens with one attached hydrogen (secondary N) is 1. The second-order valence-electron chi connectivity index (χ2n) is 4.85. The first-order chi connectivity index (χ1) is 9.11. The van der Waals surface area contributed by atoms with Crippen LogP contribution < -0.4 is 15.8 Å². The Morgan fingerprint density at radius 1 is 1.21 bits per heavy atom. The van der Waals surface area contributed by atoms with E-state index in [1.165, 1.54) is 0 Å². The Balaban J connectivity index is 2.38. The molecule has 0 aliphatic carbocycles. The fourth-order valence-corrected chi connectivity index (χ4v) is 1.72. The van der Waals surface area contributed by atoms with Crippen molar-refractivity contribution < 1.29 is 9.47 Å². The number of hydrogen-bond donors (Lipinski definition) is 2. The normalized spacial score (nSPS) is 10.7. The van der Waals surface area contributed by atoms with Gasteiger partial charge in [-0.2, -0.15) is 0 Å². The van der Waals surface area contributed by atoms with Gasteiger partial charge in [-0.05, 0) is 32.8 Å². The molecule has 1 aromatic rings. The third-order valence-corrected chi connectivity index (χ3v) is 2.44. The van der Waals surface area contributed by atoms with Crippen LogP contribution in [-0.2, 0) is 4.74 Å². The van der Waals surface area contributed by atoms with Crippen LogP contribution in [0.3, 0.4) is 0 Å². The summed E-state index contributed by atoms with van der Waals surface area (Å²) in [4.78, 5) is 0. The van der Waals surface area contributed by atoms with Crippen LogP contribution in [-0.4, -0.2) is 25.9 Å². The minimum atomic E-state index is 0.150. The summed E-state index contributed by atoms with van der Waals surface area (Å²) < 4.78 is 11.1. The zero-order chi connectivity index (χ0) is 14.1. The first-order valence-electron chi connectivity index (χ1n) is 7.00. The van der Waals surface area contributed by atoms with Crippen molar-refractivity contribution in [3.8, 4) is 5.75 Å². The number of anilines is 2. The van der Waals surface area contributed by atoms with E-state index in [0.717, 1.165) is 44.0 Å². The summed E-state index contributed by atoms with van der Waals surface area (Å²) >= 11 is 0.